The third-order valence-electron chi connectivity index (χ3n) is 9.32. The summed E-state index contributed by atoms with van der Waals surface area (Å²) in [5, 5.41) is 3.29. The summed E-state index contributed by atoms with van der Waals surface area (Å²) in [6.45, 7) is 23.5. The average Bonchev–Trinajstić information content (AvgIpc) is 3.62. The number of cyclic esters (lactones) is 1. The van der Waals surface area contributed by atoms with Gasteiger partial charge in [-0.05, 0) is 43.0 Å². The maximum absolute atomic E-state index is 14.1. The summed E-state index contributed by atoms with van der Waals surface area (Å²) in [6, 6.07) is -0.761. The molecule has 3 rings (SSSR count). The first-order chi connectivity index (χ1) is 22.2. The number of rotatable bonds is 4. The van der Waals surface area contributed by atoms with Crippen molar-refractivity contribution in [3.8, 4) is 0 Å². The molecule has 3 heterocycles. The zero-order chi connectivity index (χ0) is 36.0. The SMILES string of the molecule is CC(C)[C@H]1OC(=O)[C@H]2CCCN2C(=O)c2nc(oc2[Si](C)(C)C)CC(=O)C[C@H](O[Si](C)(C)C(C)(C)C)/C=C/C=C/CNC(=O)/C=C/[C@H]1C. The molecule has 48 heavy (non-hydrogen) atoms. The Bertz CT molecular complexity index is 1420. The molecule has 0 aliphatic carbocycles. The highest BCUT2D eigenvalue weighted by molar-refractivity contribution is 6.88. The van der Waals surface area contributed by atoms with E-state index in [0.29, 0.717) is 31.3 Å². The normalized spacial score (nSPS) is 26.5. The Balaban J connectivity index is 2.02. The van der Waals surface area contributed by atoms with Gasteiger partial charge in [0.15, 0.2) is 14.0 Å². The molecule has 1 fully saturated rings. The summed E-state index contributed by atoms with van der Waals surface area (Å²) in [7, 11) is -4.46. The number of ketones is 1. The van der Waals surface area contributed by atoms with Crippen LogP contribution in [0, 0.1) is 11.8 Å². The lowest BCUT2D eigenvalue weighted by Gasteiger charge is -2.38. The van der Waals surface area contributed by atoms with Crippen LogP contribution in [0.25, 0.3) is 0 Å². The van der Waals surface area contributed by atoms with Gasteiger partial charge in [-0.2, -0.15) is 0 Å². The molecule has 0 radical (unpaired) electrons. The van der Waals surface area contributed by atoms with Crippen LogP contribution in [0.2, 0.25) is 37.8 Å². The van der Waals surface area contributed by atoms with Crippen molar-refractivity contribution in [2.24, 2.45) is 11.8 Å². The minimum absolute atomic E-state index is 0.0232. The van der Waals surface area contributed by atoms with E-state index in [1.807, 2.05) is 45.1 Å². The molecular weight excluding hydrogens is 643 g/mol. The predicted octanol–water partition coefficient (Wildman–Crippen LogP) is 5.72. The standard InChI is InChI=1S/C36H57N3O7Si2/c1-24(2)32-25(3)18-19-29(41)37-20-14-12-13-16-27(46-48(10,11)36(4,5)6)22-26(40)23-30-38-31(35(44-30)47(7,8)9)33(42)39-21-15-17-28(39)34(43)45-32/h12-14,16,18-19,24-25,27-28,32H,15,17,20-23H2,1-11H3,(H,37,41)/b14-12+,16-13+,19-18+/t25-,27-,28-,32-/m1/s1. The van der Waals surface area contributed by atoms with Gasteiger partial charge in [0.2, 0.25) is 11.8 Å². The van der Waals surface area contributed by atoms with Crippen molar-refractivity contribution in [3.63, 3.8) is 0 Å². The quantitative estimate of drug-likeness (QED) is 0.313. The Labute approximate surface area is 288 Å². The number of carbonyl (C=O) groups is 4. The van der Waals surface area contributed by atoms with Gasteiger partial charge in [-0.25, -0.2) is 9.78 Å². The third kappa shape index (κ3) is 10.5. The van der Waals surface area contributed by atoms with Crippen LogP contribution in [0.4, 0.5) is 0 Å². The number of amides is 2. The smallest absolute Gasteiger partial charge is 0.329 e. The van der Waals surface area contributed by atoms with Crippen molar-refractivity contribution in [2.75, 3.05) is 13.1 Å². The predicted molar refractivity (Wildman–Crippen MR) is 193 cm³/mol. The monoisotopic (exact) mass is 699 g/mol. The van der Waals surface area contributed by atoms with Gasteiger partial charge in [-0.3, -0.25) is 14.4 Å². The van der Waals surface area contributed by atoms with E-state index in [-0.39, 0.29) is 58.9 Å². The topological polar surface area (TPSA) is 128 Å². The molecule has 4 atom stereocenters. The number of ether oxygens (including phenoxy) is 1. The number of Topliss-reactive ketones (excluding diaryl/α,β-unsaturated/α-hetero) is 1. The van der Waals surface area contributed by atoms with Gasteiger partial charge in [-0.15, -0.1) is 0 Å². The van der Waals surface area contributed by atoms with Crippen LogP contribution in [0.1, 0.15) is 77.2 Å². The van der Waals surface area contributed by atoms with E-state index in [4.69, 9.17) is 13.6 Å². The van der Waals surface area contributed by atoms with Crippen LogP contribution in [-0.2, 0) is 30.0 Å². The number of hydrogen-bond acceptors (Lipinski definition) is 8. The number of nitrogens with zero attached hydrogens (tertiary/aromatic N) is 2. The second-order valence-corrected chi connectivity index (χ2v) is 25.7. The molecule has 1 aromatic rings. The van der Waals surface area contributed by atoms with Gasteiger partial charge < -0.3 is 23.8 Å². The molecule has 1 N–H and O–H groups in total. The first-order valence-electron chi connectivity index (χ1n) is 17.2. The van der Waals surface area contributed by atoms with Crippen LogP contribution in [0.3, 0.4) is 0 Å². The van der Waals surface area contributed by atoms with E-state index in [9.17, 15) is 19.2 Å². The maximum atomic E-state index is 14.1. The van der Waals surface area contributed by atoms with Crippen molar-refractivity contribution in [1.29, 1.82) is 0 Å². The molecule has 12 heteroatoms. The number of esters is 1. The second-order valence-electron chi connectivity index (χ2n) is 16.0. The number of aromatic nitrogens is 1. The molecule has 2 aliphatic heterocycles. The Hall–Kier alpha value is -3.10. The van der Waals surface area contributed by atoms with Crippen LogP contribution in [-0.4, -0.2) is 81.2 Å². The van der Waals surface area contributed by atoms with Crippen molar-refractivity contribution in [1.82, 2.24) is 15.2 Å². The molecule has 1 aromatic heterocycles. The van der Waals surface area contributed by atoms with Gasteiger partial charge in [0.05, 0.1) is 12.5 Å². The zero-order valence-corrected chi connectivity index (χ0v) is 32.8. The summed E-state index contributed by atoms with van der Waals surface area (Å²) >= 11 is 0. The van der Waals surface area contributed by atoms with E-state index < -0.39 is 40.6 Å². The highest BCUT2D eigenvalue weighted by Crippen LogP contribution is 2.38. The van der Waals surface area contributed by atoms with Gasteiger partial charge >= 0.3 is 5.97 Å². The lowest BCUT2D eigenvalue weighted by atomic mass is 9.94. The van der Waals surface area contributed by atoms with Gasteiger partial charge in [0, 0.05) is 25.4 Å². The molecular formula is C36H57N3O7Si2. The Morgan fingerprint density at radius 3 is 2.35 bits per heavy atom. The van der Waals surface area contributed by atoms with E-state index in [2.05, 4.69) is 63.8 Å². The van der Waals surface area contributed by atoms with Crippen LogP contribution < -0.4 is 10.7 Å². The third-order valence-corrected chi connectivity index (χ3v) is 15.5. The van der Waals surface area contributed by atoms with Crippen molar-refractivity contribution < 1.29 is 32.8 Å². The van der Waals surface area contributed by atoms with Crippen LogP contribution in [0.5, 0.6) is 0 Å². The highest BCUT2D eigenvalue weighted by Gasteiger charge is 2.42. The lowest BCUT2D eigenvalue weighted by Crippen LogP contribution is -2.47. The number of fused-ring (bicyclic) bond motifs is 3. The van der Waals surface area contributed by atoms with Crippen LogP contribution in [0.15, 0.2) is 40.9 Å². The lowest BCUT2D eigenvalue weighted by molar-refractivity contribution is -0.158. The van der Waals surface area contributed by atoms with Gasteiger partial charge in [-0.1, -0.05) is 91.6 Å². The molecule has 266 valence electrons. The molecule has 1 saturated heterocycles. The molecule has 2 aliphatic rings. The molecule has 0 saturated carbocycles. The molecule has 0 unspecified atom stereocenters. The Morgan fingerprint density at radius 1 is 1.04 bits per heavy atom. The summed E-state index contributed by atoms with van der Waals surface area (Å²) in [5.74, 6) is -1.30. The highest BCUT2D eigenvalue weighted by atomic mass is 28.4. The van der Waals surface area contributed by atoms with E-state index >= 15 is 0 Å². The first-order valence-corrected chi connectivity index (χ1v) is 23.6. The van der Waals surface area contributed by atoms with Gasteiger partial charge in [0.1, 0.15) is 31.4 Å². The number of oxazole rings is 1. The van der Waals surface area contributed by atoms with E-state index in [1.54, 1.807) is 6.08 Å². The number of nitrogens with one attached hydrogen (secondary N) is 1. The molecule has 2 amide bonds. The molecule has 0 spiro atoms. The summed E-state index contributed by atoms with van der Waals surface area (Å²) in [5.41, 5.74) is 0.178. The number of allylic oxidation sites excluding steroid dienone is 2. The fourth-order valence-corrected chi connectivity index (χ4v) is 8.19. The second kappa shape index (κ2) is 16.1. The Kier molecular flexibility index (Phi) is 13.2. The largest absolute Gasteiger partial charge is 0.460 e. The summed E-state index contributed by atoms with van der Waals surface area (Å²) in [6.07, 6.45) is 10.8. The number of carbonyl (C=O) groups excluding carboxylic acids is 4. The minimum atomic E-state index is -2.23. The Morgan fingerprint density at radius 2 is 1.73 bits per heavy atom. The maximum Gasteiger partial charge on any atom is 0.329 e. The molecule has 0 aromatic carbocycles. The van der Waals surface area contributed by atoms with Crippen molar-refractivity contribution in [2.45, 2.75) is 123 Å². The summed E-state index contributed by atoms with van der Waals surface area (Å²) in [4.78, 5) is 59.9. The average molecular weight is 700 g/mol. The van der Waals surface area contributed by atoms with Crippen molar-refractivity contribution in [3.05, 3.63) is 48.0 Å². The summed E-state index contributed by atoms with van der Waals surface area (Å²) < 4.78 is 18.9. The van der Waals surface area contributed by atoms with E-state index in [1.165, 1.54) is 11.0 Å². The minimum Gasteiger partial charge on any atom is -0.460 e. The molecule has 10 nitrogen and oxygen atoms in total. The molecule has 2 bridgehead atoms. The van der Waals surface area contributed by atoms with Gasteiger partial charge in [0.25, 0.3) is 5.91 Å². The van der Waals surface area contributed by atoms with E-state index in [0.717, 1.165) is 0 Å². The van der Waals surface area contributed by atoms with Crippen molar-refractivity contribution >= 4 is 45.3 Å². The fourth-order valence-electron chi connectivity index (χ4n) is 5.62. The van der Waals surface area contributed by atoms with Crippen LogP contribution >= 0.6 is 0 Å². The fraction of sp³-hybridized carbons (Fsp3) is 0.639. The first kappa shape index (κ1) is 39.3. The number of hydrogen-bond donors (Lipinski definition) is 1. The zero-order valence-electron chi connectivity index (χ0n) is 30.8.